The van der Waals surface area contributed by atoms with Crippen molar-refractivity contribution in [1.29, 1.82) is 0 Å². The van der Waals surface area contributed by atoms with Crippen molar-refractivity contribution in [3.63, 3.8) is 0 Å². The van der Waals surface area contributed by atoms with E-state index in [1.54, 1.807) is 31.2 Å². The smallest absolute Gasteiger partial charge is 0.319 e. The summed E-state index contributed by atoms with van der Waals surface area (Å²) in [6.45, 7) is 1.70. The molecule has 1 N–H and O–H groups in total. The molecule has 1 fully saturated rings. The minimum Gasteiger partial charge on any atom is -0.319 e. The fourth-order valence-electron chi connectivity index (χ4n) is 2.64. The molecular weight excluding hydrogens is 363 g/mol. The number of hydrogen-bond acceptors (Lipinski definition) is 2. The standard InChI is InChI=1S/C17H14BrFN2O2/c1-17(12-5-7-13(18)8-6-12)15(22)21(16(23)20-17)10-11-3-2-4-14(19)9-11/h2-9H,10H2,1H3,(H,20,23)/t17-/m0/s1. The van der Waals surface area contributed by atoms with Crippen LogP contribution in [0.1, 0.15) is 18.1 Å². The Morgan fingerprint density at radius 1 is 1.17 bits per heavy atom. The topological polar surface area (TPSA) is 49.4 Å². The summed E-state index contributed by atoms with van der Waals surface area (Å²) in [7, 11) is 0. The molecule has 118 valence electrons. The number of amides is 3. The quantitative estimate of drug-likeness (QED) is 0.832. The molecule has 1 atom stereocenters. The molecule has 2 aromatic rings. The maximum absolute atomic E-state index is 13.3. The van der Waals surface area contributed by atoms with Crippen LogP contribution in [0.3, 0.4) is 0 Å². The van der Waals surface area contributed by atoms with Gasteiger partial charge in [0.1, 0.15) is 11.4 Å². The van der Waals surface area contributed by atoms with E-state index in [9.17, 15) is 14.0 Å². The lowest BCUT2D eigenvalue weighted by atomic mass is 9.92. The van der Waals surface area contributed by atoms with E-state index in [1.165, 1.54) is 12.1 Å². The lowest BCUT2D eigenvalue weighted by molar-refractivity contribution is -0.131. The summed E-state index contributed by atoms with van der Waals surface area (Å²) < 4.78 is 14.2. The van der Waals surface area contributed by atoms with E-state index < -0.39 is 17.4 Å². The predicted molar refractivity (Wildman–Crippen MR) is 87.0 cm³/mol. The Morgan fingerprint density at radius 3 is 2.52 bits per heavy atom. The number of imide groups is 1. The van der Waals surface area contributed by atoms with Crippen LogP contribution in [0.4, 0.5) is 9.18 Å². The van der Waals surface area contributed by atoms with Crippen molar-refractivity contribution in [2.75, 3.05) is 0 Å². The predicted octanol–water partition coefficient (Wildman–Crippen LogP) is 3.56. The van der Waals surface area contributed by atoms with Gasteiger partial charge in [-0.15, -0.1) is 0 Å². The highest BCUT2D eigenvalue weighted by atomic mass is 79.9. The van der Waals surface area contributed by atoms with Crippen LogP contribution >= 0.6 is 15.9 Å². The first-order valence-electron chi connectivity index (χ1n) is 7.05. The third-order valence-electron chi connectivity index (χ3n) is 3.93. The molecule has 0 unspecified atom stereocenters. The molecule has 1 saturated heterocycles. The van der Waals surface area contributed by atoms with Gasteiger partial charge in [0.2, 0.25) is 0 Å². The maximum Gasteiger partial charge on any atom is 0.325 e. The Kier molecular flexibility index (Phi) is 3.93. The van der Waals surface area contributed by atoms with Crippen molar-refractivity contribution in [2.24, 2.45) is 0 Å². The second-order valence-corrected chi connectivity index (χ2v) is 6.50. The van der Waals surface area contributed by atoms with Crippen LogP contribution in [-0.2, 0) is 16.9 Å². The zero-order valence-corrected chi connectivity index (χ0v) is 13.9. The highest BCUT2D eigenvalue weighted by molar-refractivity contribution is 9.10. The van der Waals surface area contributed by atoms with Crippen LogP contribution in [0.25, 0.3) is 0 Å². The fraction of sp³-hybridized carbons (Fsp3) is 0.176. The molecule has 0 aliphatic carbocycles. The summed E-state index contributed by atoms with van der Waals surface area (Å²) in [5.41, 5.74) is 0.139. The van der Waals surface area contributed by atoms with Gasteiger partial charge >= 0.3 is 6.03 Å². The van der Waals surface area contributed by atoms with Gasteiger partial charge in [0.15, 0.2) is 0 Å². The molecule has 1 heterocycles. The normalized spacial score (nSPS) is 20.7. The minimum absolute atomic E-state index is 0.0363. The van der Waals surface area contributed by atoms with E-state index in [2.05, 4.69) is 21.2 Å². The lowest BCUT2D eigenvalue weighted by Crippen LogP contribution is -2.40. The molecule has 23 heavy (non-hydrogen) atoms. The molecule has 0 radical (unpaired) electrons. The van der Waals surface area contributed by atoms with Gasteiger partial charge in [0.25, 0.3) is 5.91 Å². The molecule has 0 aromatic heterocycles. The first-order valence-corrected chi connectivity index (χ1v) is 7.84. The molecule has 1 aliphatic heterocycles. The third-order valence-corrected chi connectivity index (χ3v) is 4.45. The van der Waals surface area contributed by atoms with Crippen molar-refractivity contribution in [1.82, 2.24) is 10.2 Å². The molecule has 0 spiro atoms. The van der Waals surface area contributed by atoms with Crippen LogP contribution in [0.15, 0.2) is 53.0 Å². The average Bonchev–Trinajstić information content (AvgIpc) is 2.72. The fourth-order valence-corrected chi connectivity index (χ4v) is 2.90. The van der Waals surface area contributed by atoms with Crippen molar-refractivity contribution in [3.8, 4) is 0 Å². The van der Waals surface area contributed by atoms with Gasteiger partial charge in [-0.1, -0.05) is 40.2 Å². The highest BCUT2D eigenvalue weighted by Crippen LogP contribution is 2.30. The SMILES string of the molecule is C[C@@]1(c2ccc(Br)cc2)NC(=O)N(Cc2cccc(F)c2)C1=O. The summed E-state index contributed by atoms with van der Waals surface area (Å²) in [5.74, 6) is -0.751. The van der Waals surface area contributed by atoms with Gasteiger partial charge in [-0.05, 0) is 42.3 Å². The Bertz CT molecular complexity index is 778. The lowest BCUT2D eigenvalue weighted by Gasteiger charge is -2.22. The van der Waals surface area contributed by atoms with Gasteiger partial charge in [0.05, 0.1) is 6.54 Å². The van der Waals surface area contributed by atoms with Gasteiger partial charge in [-0.3, -0.25) is 9.69 Å². The van der Waals surface area contributed by atoms with Crippen molar-refractivity contribution in [2.45, 2.75) is 19.0 Å². The first-order chi connectivity index (χ1) is 10.9. The van der Waals surface area contributed by atoms with Crippen LogP contribution in [0, 0.1) is 5.82 Å². The van der Waals surface area contributed by atoms with Crippen molar-refractivity contribution >= 4 is 27.9 Å². The second kappa shape index (κ2) is 5.77. The summed E-state index contributed by atoms with van der Waals surface area (Å²) in [6.07, 6.45) is 0. The largest absolute Gasteiger partial charge is 0.325 e. The molecule has 2 aromatic carbocycles. The molecule has 4 nitrogen and oxygen atoms in total. The van der Waals surface area contributed by atoms with Crippen LogP contribution in [0.5, 0.6) is 0 Å². The number of benzene rings is 2. The van der Waals surface area contributed by atoms with E-state index in [1.807, 2.05) is 12.1 Å². The third kappa shape index (κ3) is 2.86. The van der Waals surface area contributed by atoms with Gasteiger partial charge < -0.3 is 5.32 Å². The average molecular weight is 377 g/mol. The monoisotopic (exact) mass is 376 g/mol. The molecule has 0 saturated carbocycles. The zero-order chi connectivity index (χ0) is 16.6. The molecule has 6 heteroatoms. The number of carbonyl (C=O) groups is 2. The number of nitrogens with one attached hydrogen (secondary N) is 1. The summed E-state index contributed by atoms with van der Waals surface area (Å²) in [4.78, 5) is 26.1. The number of hydrogen-bond donors (Lipinski definition) is 1. The number of urea groups is 1. The molecule has 0 bridgehead atoms. The first kappa shape index (κ1) is 15.7. The summed E-state index contributed by atoms with van der Waals surface area (Å²) >= 11 is 3.34. The zero-order valence-electron chi connectivity index (χ0n) is 12.3. The molecule has 1 aliphatic rings. The van der Waals surface area contributed by atoms with E-state index in [0.717, 1.165) is 9.37 Å². The van der Waals surface area contributed by atoms with E-state index in [0.29, 0.717) is 11.1 Å². The second-order valence-electron chi connectivity index (χ2n) is 5.58. The molecular formula is C17H14BrFN2O2. The maximum atomic E-state index is 13.3. The summed E-state index contributed by atoms with van der Waals surface area (Å²) in [6, 6.07) is 12.6. The van der Waals surface area contributed by atoms with Crippen molar-refractivity contribution < 1.29 is 14.0 Å². The Hall–Kier alpha value is -2.21. The van der Waals surface area contributed by atoms with E-state index in [4.69, 9.17) is 0 Å². The van der Waals surface area contributed by atoms with E-state index >= 15 is 0 Å². The highest BCUT2D eigenvalue weighted by Gasteiger charge is 2.48. The Labute approximate surface area is 141 Å². The Balaban J connectivity index is 1.89. The van der Waals surface area contributed by atoms with Gasteiger partial charge in [-0.25, -0.2) is 9.18 Å². The Morgan fingerprint density at radius 2 is 1.87 bits per heavy atom. The van der Waals surface area contributed by atoms with Crippen molar-refractivity contribution in [3.05, 3.63) is 69.9 Å². The number of rotatable bonds is 3. The van der Waals surface area contributed by atoms with Crippen LogP contribution in [0.2, 0.25) is 0 Å². The molecule has 3 amide bonds. The summed E-state index contributed by atoms with van der Waals surface area (Å²) in [5, 5.41) is 2.73. The van der Waals surface area contributed by atoms with Crippen LogP contribution in [-0.4, -0.2) is 16.8 Å². The number of carbonyl (C=O) groups excluding carboxylic acids is 2. The number of nitrogens with zero attached hydrogens (tertiary/aromatic N) is 1. The molecule has 3 rings (SSSR count). The van der Waals surface area contributed by atoms with E-state index in [-0.39, 0.29) is 12.5 Å². The van der Waals surface area contributed by atoms with Gasteiger partial charge in [-0.2, -0.15) is 0 Å². The van der Waals surface area contributed by atoms with Gasteiger partial charge in [0, 0.05) is 4.47 Å². The minimum atomic E-state index is -1.12. The number of halogens is 2. The van der Waals surface area contributed by atoms with Crippen LogP contribution < -0.4 is 5.32 Å².